The Kier molecular flexibility index (Phi) is 5.99. The molecule has 1 aliphatic heterocycles. The molecule has 4 rings (SSSR count). The third-order valence-electron chi connectivity index (χ3n) is 6.42. The van der Waals surface area contributed by atoms with Crippen molar-refractivity contribution < 1.29 is 23.1 Å². The fourth-order valence-corrected chi connectivity index (χ4v) is 4.58. The largest absolute Gasteiger partial charge is 0.441 e. The van der Waals surface area contributed by atoms with E-state index >= 15 is 0 Å². The summed E-state index contributed by atoms with van der Waals surface area (Å²) in [5, 5.41) is 3.04. The fraction of sp³-hybridized carbons (Fsp3) is 0.458. The predicted molar refractivity (Wildman–Crippen MR) is 120 cm³/mol. The van der Waals surface area contributed by atoms with Crippen LogP contribution in [0.4, 0.5) is 19.3 Å². The number of nitrogens with two attached hydrogens (primary N) is 1. The first-order chi connectivity index (χ1) is 15.6. The topological polar surface area (TPSA) is 97.6 Å². The van der Waals surface area contributed by atoms with Crippen molar-refractivity contribution in [3.8, 4) is 11.1 Å². The number of primary amides is 1. The average molecular weight is 459 g/mol. The molecular formula is C24H28F2N4O3. The Morgan fingerprint density at radius 1 is 1.27 bits per heavy atom. The predicted octanol–water partition coefficient (Wildman–Crippen LogP) is 3.93. The van der Waals surface area contributed by atoms with Crippen LogP contribution in [0.5, 0.6) is 0 Å². The summed E-state index contributed by atoms with van der Waals surface area (Å²) in [6, 6.07) is 3.25. The number of hydrogen-bond donors (Lipinski definition) is 2. The first kappa shape index (κ1) is 22.9. The van der Waals surface area contributed by atoms with Gasteiger partial charge in [-0.1, -0.05) is 0 Å². The first-order valence-corrected chi connectivity index (χ1v) is 11.1. The van der Waals surface area contributed by atoms with E-state index in [4.69, 9.17) is 10.5 Å². The Balaban J connectivity index is 1.82. The molecule has 0 bridgehead atoms. The molecule has 2 aromatic rings. The molecule has 1 unspecified atom stereocenters. The lowest BCUT2D eigenvalue weighted by molar-refractivity contribution is 0.0480. The van der Waals surface area contributed by atoms with Gasteiger partial charge in [0.15, 0.2) is 0 Å². The molecule has 2 aliphatic rings. The molecule has 2 heterocycles. The van der Waals surface area contributed by atoms with E-state index < -0.39 is 23.3 Å². The maximum Gasteiger partial charge on any atom is 0.405 e. The van der Waals surface area contributed by atoms with Gasteiger partial charge in [0.2, 0.25) is 0 Å². The van der Waals surface area contributed by atoms with Crippen LogP contribution >= 0.6 is 0 Å². The van der Waals surface area contributed by atoms with Gasteiger partial charge in [-0.15, -0.1) is 0 Å². The summed E-state index contributed by atoms with van der Waals surface area (Å²) in [7, 11) is 0. The van der Waals surface area contributed by atoms with Crippen LogP contribution in [0, 0.1) is 24.5 Å². The van der Waals surface area contributed by atoms with Crippen molar-refractivity contribution >= 4 is 17.7 Å². The van der Waals surface area contributed by atoms with Crippen molar-refractivity contribution in [1.82, 2.24) is 10.3 Å². The summed E-state index contributed by atoms with van der Waals surface area (Å²) in [4.78, 5) is 31.0. The fourth-order valence-electron chi connectivity index (χ4n) is 4.58. The van der Waals surface area contributed by atoms with E-state index in [9.17, 15) is 18.4 Å². The lowest BCUT2D eigenvalue weighted by atomic mass is 9.97. The summed E-state index contributed by atoms with van der Waals surface area (Å²) in [5.41, 5.74) is 6.46. The second-order valence-corrected chi connectivity index (χ2v) is 9.28. The van der Waals surface area contributed by atoms with E-state index in [1.165, 1.54) is 18.3 Å². The Hall–Kier alpha value is -3.23. The Morgan fingerprint density at radius 3 is 2.55 bits per heavy atom. The number of aromatic nitrogens is 1. The number of rotatable bonds is 6. The molecule has 0 spiro atoms. The summed E-state index contributed by atoms with van der Waals surface area (Å²) >= 11 is 0. The monoisotopic (exact) mass is 458 g/mol. The molecule has 1 saturated carbocycles. The molecule has 3 N–H and O–H groups in total. The molecule has 1 aromatic heterocycles. The number of nitrogens with zero attached hydrogens (tertiary/aromatic N) is 2. The zero-order valence-electron chi connectivity index (χ0n) is 19.0. The zero-order chi connectivity index (χ0) is 23.9. The van der Waals surface area contributed by atoms with Crippen LogP contribution < -0.4 is 16.0 Å². The van der Waals surface area contributed by atoms with Gasteiger partial charge < -0.3 is 20.7 Å². The molecule has 2 atom stereocenters. The highest BCUT2D eigenvalue weighted by molar-refractivity contribution is 6.04. The van der Waals surface area contributed by atoms with Crippen LogP contribution in [0.1, 0.15) is 49.2 Å². The minimum Gasteiger partial charge on any atom is -0.441 e. The van der Waals surface area contributed by atoms with Crippen LogP contribution in [0.2, 0.25) is 0 Å². The van der Waals surface area contributed by atoms with Crippen LogP contribution in [0.3, 0.4) is 0 Å². The lowest BCUT2D eigenvalue weighted by Crippen LogP contribution is -2.38. The van der Waals surface area contributed by atoms with E-state index in [1.54, 1.807) is 13.8 Å². The number of aryl methyl sites for hydroxylation is 1. The minimum absolute atomic E-state index is 0.00348. The molecule has 2 amide bonds. The van der Waals surface area contributed by atoms with Crippen molar-refractivity contribution in [3.63, 3.8) is 0 Å². The van der Waals surface area contributed by atoms with Crippen molar-refractivity contribution in [2.24, 2.45) is 11.7 Å². The van der Waals surface area contributed by atoms with Gasteiger partial charge in [0.1, 0.15) is 17.2 Å². The molecular weight excluding hydrogens is 430 g/mol. The van der Waals surface area contributed by atoms with Gasteiger partial charge in [-0.3, -0.25) is 9.78 Å². The molecule has 7 nitrogen and oxygen atoms in total. The number of anilines is 1. The first-order valence-electron chi connectivity index (χ1n) is 11.1. The average Bonchev–Trinajstić information content (AvgIpc) is 3.49. The number of pyridine rings is 1. The van der Waals surface area contributed by atoms with Crippen LogP contribution in [-0.2, 0) is 4.74 Å². The number of amides is 2. The van der Waals surface area contributed by atoms with E-state index in [0.717, 1.165) is 18.9 Å². The number of nitrogens with one attached hydrogen (secondary N) is 1. The van der Waals surface area contributed by atoms with Crippen LogP contribution in [-0.4, -0.2) is 41.7 Å². The normalized spacial score (nSPS) is 21.1. The highest BCUT2D eigenvalue weighted by Crippen LogP contribution is 2.41. The number of hydrogen-bond acceptors (Lipinski definition) is 5. The third-order valence-corrected chi connectivity index (χ3v) is 6.42. The standard InChI is InChI=1S/C24H28F2N4O3/c1-13(15-4-5-15)29-22(31)19-11-28-14(2)20(16-8-17(25)10-18(26)9-16)21(19)30-7-6-24(3,12-30)33-23(27)32/h8-11,13,15H,4-7,12H2,1-3H3,(H2,27,32)(H,29,31)/t13?,24-/m0/s1. The van der Waals surface area contributed by atoms with Crippen molar-refractivity contribution in [2.75, 3.05) is 18.0 Å². The second kappa shape index (κ2) is 8.61. The maximum absolute atomic E-state index is 14.1. The number of carbonyl (C=O) groups excluding carboxylic acids is 2. The van der Waals surface area contributed by atoms with Crippen LogP contribution in [0.25, 0.3) is 11.1 Å². The van der Waals surface area contributed by atoms with E-state index in [1.807, 2.05) is 11.8 Å². The molecule has 0 radical (unpaired) electrons. The van der Waals surface area contributed by atoms with Gasteiger partial charge in [-0.05, 0) is 57.2 Å². The quantitative estimate of drug-likeness (QED) is 0.684. The maximum atomic E-state index is 14.1. The van der Waals surface area contributed by atoms with E-state index in [-0.39, 0.29) is 24.1 Å². The molecule has 2 fully saturated rings. The number of carbonyl (C=O) groups is 2. The van der Waals surface area contributed by atoms with Gasteiger partial charge in [0, 0.05) is 42.5 Å². The van der Waals surface area contributed by atoms with Gasteiger partial charge in [-0.25, -0.2) is 13.6 Å². The van der Waals surface area contributed by atoms with Gasteiger partial charge in [0.05, 0.1) is 17.8 Å². The SMILES string of the molecule is Cc1ncc(C(=O)NC(C)C2CC2)c(N2CC[C@](C)(OC(N)=O)C2)c1-c1cc(F)cc(F)c1. The Morgan fingerprint density at radius 2 is 1.94 bits per heavy atom. The summed E-state index contributed by atoms with van der Waals surface area (Å²) < 4.78 is 33.6. The summed E-state index contributed by atoms with van der Waals surface area (Å²) in [6.45, 7) is 6.18. The van der Waals surface area contributed by atoms with Gasteiger partial charge >= 0.3 is 6.09 Å². The second-order valence-electron chi connectivity index (χ2n) is 9.28. The van der Waals surface area contributed by atoms with Gasteiger partial charge in [0.25, 0.3) is 5.91 Å². The number of benzene rings is 1. The lowest BCUT2D eigenvalue weighted by Gasteiger charge is -2.28. The van der Waals surface area contributed by atoms with E-state index in [0.29, 0.717) is 41.4 Å². The van der Waals surface area contributed by atoms with Crippen LogP contribution in [0.15, 0.2) is 24.4 Å². The molecule has 9 heteroatoms. The number of halogens is 2. The molecule has 1 saturated heterocycles. The molecule has 176 valence electrons. The van der Waals surface area contributed by atoms with E-state index in [2.05, 4.69) is 10.3 Å². The third kappa shape index (κ3) is 4.91. The highest BCUT2D eigenvalue weighted by Gasteiger charge is 2.40. The van der Waals surface area contributed by atoms with Crippen molar-refractivity contribution in [2.45, 2.75) is 51.7 Å². The smallest absolute Gasteiger partial charge is 0.405 e. The highest BCUT2D eigenvalue weighted by atomic mass is 19.1. The zero-order valence-corrected chi connectivity index (χ0v) is 19.0. The molecule has 1 aromatic carbocycles. The van der Waals surface area contributed by atoms with Gasteiger partial charge in [-0.2, -0.15) is 0 Å². The number of ether oxygens (including phenoxy) is 1. The molecule has 1 aliphatic carbocycles. The summed E-state index contributed by atoms with van der Waals surface area (Å²) in [6.07, 6.45) is 3.23. The van der Waals surface area contributed by atoms with Crippen molar-refractivity contribution in [3.05, 3.63) is 47.3 Å². The minimum atomic E-state index is -0.881. The Labute approximate surface area is 191 Å². The molecule has 33 heavy (non-hydrogen) atoms. The summed E-state index contributed by atoms with van der Waals surface area (Å²) in [5.74, 6) is -1.31. The van der Waals surface area contributed by atoms with Crippen molar-refractivity contribution in [1.29, 1.82) is 0 Å². The Bertz CT molecular complexity index is 1090.